The predicted octanol–water partition coefficient (Wildman–Crippen LogP) is 2.02. The number of rotatable bonds is 4. The van der Waals surface area contributed by atoms with Crippen molar-refractivity contribution in [2.24, 2.45) is 0 Å². The zero-order valence-corrected chi connectivity index (χ0v) is 11.5. The molecule has 0 amide bonds. The van der Waals surface area contributed by atoms with E-state index in [4.69, 9.17) is 4.74 Å². The van der Waals surface area contributed by atoms with E-state index in [9.17, 15) is 0 Å². The Morgan fingerprint density at radius 2 is 1.71 bits per heavy atom. The molecular weight excluding hydrogens is 212 g/mol. The lowest BCUT2D eigenvalue weighted by molar-refractivity contribution is -0.00135. The molecule has 3 nitrogen and oxygen atoms in total. The van der Waals surface area contributed by atoms with Crippen molar-refractivity contribution in [2.75, 3.05) is 26.7 Å². The minimum absolute atomic E-state index is 0.532. The van der Waals surface area contributed by atoms with E-state index in [2.05, 4.69) is 24.2 Å². The zero-order valence-electron chi connectivity index (χ0n) is 11.5. The monoisotopic (exact) mass is 240 g/mol. The van der Waals surface area contributed by atoms with Gasteiger partial charge in [-0.2, -0.15) is 0 Å². The Hall–Kier alpha value is -0.120. The first-order valence-corrected chi connectivity index (χ1v) is 7.36. The maximum absolute atomic E-state index is 5.72. The van der Waals surface area contributed by atoms with E-state index in [-0.39, 0.29) is 0 Å². The van der Waals surface area contributed by atoms with E-state index >= 15 is 0 Å². The second-order valence-electron chi connectivity index (χ2n) is 5.48. The van der Waals surface area contributed by atoms with Crippen LogP contribution in [0, 0.1) is 0 Å². The van der Waals surface area contributed by atoms with E-state index in [1.807, 2.05) is 0 Å². The summed E-state index contributed by atoms with van der Waals surface area (Å²) in [6, 6.07) is 1.62. The van der Waals surface area contributed by atoms with Crippen LogP contribution >= 0.6 is 0 Å². The van der Waals surface area contributed by atoms with Gasteiger partial charge in [0.05, 0.1) is 6.10 Å². The van der Waals surface area contributed by atoms with Crippen LogP contribution in [0.4, 0.5) is 0 Å². The summed E-state index contributed by atoms with van der Waals surface area (Å²) in [6.45, 7) is 5.47. The van der Waals surface area contributed by atoms with Gasteiger partial charge in [-0.3, -0.25) is 0 Å². The maximum atomic E-state index is 5.72. The summed E-state index contributed by atoms with van der Waals surface area (Å²) in [5, 5.41) is 3.41. The van der Waals surface area contributed by atoms with Gasteiger partial charge in [-0.25, -0.2) is 0 Å². The Balaban J connectivity index is 1.70. The summed E-state index contributed by atoms with van der Waals surface area (Å²) in [5.74, 6) is 0. The topological polar surface area (TPSA) is 24.5 Å². The number of ether oxygens (including phenoxy) is 1. The molecule has 1 aliphatic carbocycles. The van der Waals surface area contributed by atoms with Crippen molar-refractivity contribution < 1.29 is 4.74 Å². The van der Waals surface area contributed by atoms with Crippen LogP contribution in [-0.2, 0) is 4.74 Å². The Labute approximate surface area is 106 Å². The Kier molecular flexibility index (Phi) is 5.26. The van der Waals surface area contributed by atoms with Gasteiger partial charge < -0.3 is 15.0 Å². The molecule has 0 radical (unpaired) electrons. The van der Waals surface area contributed by atoms with Gasteiger partial charge >= 0.3 is 0 Å². The Morgan fingerprint density at radius 1 is 1.06 bits per heavy atom. The molecule has 1 aliphatic heterocycles. The van der Waals surface area contributed by atoms with Gasteiger partial charge in [0.15, 0.2) is 0 Å². The lowest BCUT2D eigenvalue weighted by Crippen LogP contribution is -2.46. The minimum atomic E-state index is 0.532. The molecule has 0 aromatic heterocycles. The fourth-order valence-electron chi connectivity index (χ4n) is 3.37. The van der Waals surface area contributed by atoms with Crippen LogP contribution in [0.15, 0.2) is 0 Å². The standard InChI is InChI=1S/C14H28N2O/c1-3-17-14-8-10-16(11-9-14)13-6-4-12(15-2)5-7-13/h12-15H,3-11H2,1-2H3. The summed E-state index contributed by atoms with van der Waals surface area (Å²) < 4.78 is 5.72. The van der Waals surface area contributed by atoms with Crippen molar-refractivity contribution in [3.05, 3.63) is 0 Å². The highest BCUT2D eigenvalue weighted by atomic mass is 16.5. The molecule has 100 valence electrons. The molecule has 0 atom stereocenters. The first-order valence-electron chi connectivity index (χ1n) is 7.36. The molecule has 1 heterocycles. The average Bonchev–Trinajstić information content (AvgIpc) is 2.40. The molecule has 2 fully saturated rings. The number of nitrogens with one attached hydrogen (secondary N) is 1. The van der Waals surface area contributed by atoms with Crippen LogP contribution in [0.3, 0.4) is 0 Å². The van der Waals surface area contributed by atoms with E-state index in [0.717, 1.165) is 18.7 Å². The van der Waals surface area contributed by atoms with E-state index in [0.29, 0.717) is 6.10 Å². The lowest BCUT2D eigenvalue weighted by atomic mass is 9.89. The van der Waals surface area contributed by atoms with E-state index in [1.54, 1.807) is 0 Å². The SMILES string of the molecule is CCOC1CCN(C2CCC(NC)CC2)CC1. The largest absolute Gasteiger partial charge is 0.378 e. The lowest BCUT2D eigenvalue weighted by Gasteiger charge is -2.40. The molecule has 0 spiro atoms. The van der Waals surface area contributed by atoms with Crippen LogP contribution in [0.2, 0.25) is 0 Å². The number of likely N-dealkylation sites (tertiary alicyclic amines) is 1. The smallest absolute Gasteiger partial charge is 0.0599 e. The molecule has 1 N–H and O–H groups in total. The molecule has 1 saturated heterocycles. The number of hydrogen-bond donors (Lipinski definition) is 1. The van der Waals surface area contributed by atoms with Gasteiger partial charge in [-0.1, -0.05) is 0 Å². The van der Waals surface area contributed by atoms with Crippen molar-refractivity contribution in [3.8, 4) is 0 Å². The Bertz CT molecular complexity index is 206. The second-order valence-corrected chi connectivity index (χ2v) is 5.48. The fourth-order valence-corrected chi connectivity index (χ4v) is 3.37. The summed E-state index contributed by atoms with van der Waals surface area (Å²) in [7, 11) is 2.10. The summed E-state index contributed by atoms with van der Waals surface area (Å²) >= 11 is 0. The van der Waals surface area contributed by atoms with Gasteiger partial charge in [0.1, 0.15) is 0 Å². The zero-order chi connectivity index (χ0) is 12.1. The van der Waals surface area contributed by atoms with Gasteiger partial charge in [0.25, 0.3) is 0 Å². The third kappa shape index (κ3) is 3.67. The van der Waals surface area contributed by atoms with Crippen molar-refractivity contribution in [1.29, 1.82) is 0 Å². The highest BCUT2D eigenvalue weighted by molar-refractivity contribution is 4.85. The first kappa shape index (κ1) is 13.3. The van der Waals surface area contributed by atoms with Crippen molar-refractivity contribution in [1.82, 2.24) is 10.2 Å². The summed E-state index contributed by atoms with van der Waals surface area (Å²) in [5.41, 5.74) is 0. The summed E-state index contributed by atoms with van der Waals surface area (Å²) in [6.07, 6.45) is 8.47. The molecule has 3 heteroatoms. The van der Waals surface area contributed by atoms with E-state index < -0.39 is 0 Å². The van der Waals surface area contributed by atoms with Crippen LogP contribution in [0.1, 0.15) is 45.4 Å². The van der Waals surface area contributed by atoms with Crippen LogP contribution in [-0.4, -0.2) is 49.8 Å². The quantitative estimate of drug-likeness (QED) is 0.813. The highest BCUT2D eigenvalue weighted by Gasteiger charge is 2.28. The molecule has 2 aliphatic rings. The molecule has 0 unspecified atom stereocenters. The van der Waals surface area contributed by atoms with Gasteiger partial charge in [-0.05, 0) is 52.5 Å². The van der Waals surface area contributed by atoms with Gasteiger partial charge in [0.2, 0.25) is 0 Å². The molecule has 0 aromatic rings. The molecule has 0 bridgehead atoms. The maximum Gasteiger partial charge on any atom is 0.0599 e. The molecule has 1 saturated carbocycles. The normalized spacial score (nSPS) is 32.8. The number of piperidine rings is 1. The average molecular weight is 240 g/mol. The van der Waals surface area contributed by atoms with Crippen molar-refractivity contribution in [3.63, 3.8) is 0 Å². The van der Waals surface area contributed by atoms with E-state index in [1.165, 1.54) is 51.6 Å². The summed E-state index contributed by atoms with van der Waals surface area (Å²) in [4.78, 5) is 2.71. The predicted molar refractivity (Wildman–Crippen MR) is 71.3 cm³/mol. The highest BCUT2D eigenvalue weighted by Crippen LogP contribution is 2.26. The third-order valence-corrected chi connectivity index (χ3v) is 4.50. The van der Waals surface area contributed by atoms with Crippen LogP contribution < -0.4 is 5.32 Å². The van der Waals surface area contributed by atoms with Crippen molar-refractivity contribution >= 4 is 0 Å². The fraction of sp³-hybridized carbons (Fsp3) is 1.00. The van der Waals surface area contributed by atoms with Gasteiger partial charge in [0, 0.05) is 31.8 Å². The van der Waals surface area contributed by atoms with Crippen LogP contribution in [0.25, 0.3) is 0 Å². The first-order chi connectivity index (χ1) is 8.33. The van der Waals surface area contributed by atoms with Gasteiger partial charge in [-0.15, -0.1) is 0 Å². The molecule has 17 heavy (non-hydrogen) atoms. The van der Waals surface area contributed by atoms with Crippen molar-refractivity contribution in [2.45, 2.75) is 63.6 Å². The molecule has 2 rings (SSSR count). The second kappa shape index (κ2) is 6.72. The number of hydrogen-bond acceptors (Lipinski definition) is 3. The third-order valence-electron chi connectivity index (χ3n) is 4.50. The molecular formula is C14H28N2O. The Morgan fingerprint density at radius 3 is 2.24 bits per heavy atom. The molecule has 0 aromatic carbocycles. The number of nitrogens with zero attached hydrogens (tertiary/aromatic N) is 1. The minimum Gasteiger partial charge on any atom is -0.378 e. The van der Waals surface area contributed by atoms with Crippen LogP contribution in [0.5, 0.6) is 0 Å².